The summed E-state index contributed by atoms with van der Waals surface area (Å²) in [4.78, 5) is 2.40. The fourth-order valence-electron chi connectivity index (χ4n) is 3.26. The van der Waals surface area contributed by atoms with E-state index in [2.05, 4.69) is 16.8 Å². The number of benzene rings is 2. The number of phenolic OH excluding ortho intramolecular Hbond substituents is 1. The number of hydrogen-bond donors (Lipinski definition) is 2. The molecule has 0 bridgehead atoms. The van der Waals surface area contributed by atoms with Crippen LogP contribution in [-0.4, -0.2) is 36.2 Å². The molecule has 3 rings (SSSR count). The molecule has 1 atom stereocenters. The minimum absolute atomic E-state index is 0.155. The Balaban J connectivity index is 1.71. The van der Waals surface area contributed by atoms with E-state index in [1.54, 1.807) is 6.07 Å². The van der Waals surface area contributed by atoms with Crippen LogP contribution in [0.5, 0.6) is 11.5 Å². The molecular formula is C21H26N2O2. The molecule has 1 aliphatic heterocycles. The summed E-state index contributed by atoms with van der Waals surface area (Å²) in [6, 6.07) is 15.8. The molecule has 25 heavy (non-hydrogen) atoms. The summed E-state index contributed by atoms with van der Waals surface area (Å²) >= 11 is 0. The molecule has 1 aliphatic rings. The van der Waals surface area contributed by atoms with E-state index in [0.29, 0.717) is 12.4 Å². The monoisotopic (exact) mass is 338 g/mol. The van der Waals surface area contributed by atoms with Gasteiger partial charge in [-0.15, -0.1) is 6.58 Å². The molecule has 2 aromatic rings. The molecule has 4 heteroatoms. The zero-order valence-corrected chi connectivity index (χ0v) is 14.5. The lowest BCUT2D eigenvalue weighted by atomic mass is 10.00. The van der Waals surface area contributed by atoms with Gasteiger partial charge in [0, 0.05) is 43.9 Å². The quantitative estimate of drug-likeness (QED) is 0.759. The summed E-state index contributed by atoms with van der Waals surface area (Å²) in [5.41, 5.74) is 2.05. The zero-order valence-electron chi connectivity index (χ0n) is 14.5. The number of nitrogens with zero attached hydrogens (tertiary/aromatic N) is 1. The topological polar surface area (TPSA) is 44.7 Å². The smallest absolute Gasteiger partial charge is 0.124 e. The summed E-state index contributed by atoms with van der Waals surface area (Å²) in [5, 5.41) is 13.9. The Bertz CT molecular complexity index is 682. The highest BCUT2D eigenvalue weighted by Crippen LogP contribution is 2.34. The van der Waals surface area contributed by atoms with Crippen LogP contribution in [0.25, 0.3) is 0 Å². The first-order chi connectivity index (χ1) is 12.3. The van der Waals surface area contributed by atoms with Crippen LogP contribution in [-0.2, 0) is 6.61 Å². The van der Waals surface area contributed by atoms with E-state index in [1.165, 1.54) is 0 Å². The lowest BCUT2D eigenvalue weighted by Gasteiger charge is -2.35. The van der Waals surface area contributed by atoms with Crippen LogP contribution >= 0.6 is 0 Å². The van der Waals surface area contributed by atoms with Gasteiger partial charge in [0.1, 0.15) is 18.1 Å². The Morgan fingerprint density at radius 3 is 2.60 bits per heavy atom. The van der Waals surface area contributed by atoms with E-state index in [0.717, 1.165) is 43.7 Å². The maximum Gasteiger partial charge on any atom is 0.124 e. The second kappa shape index (κ2) is 8.70. The van der Waals surface area contributed by atoms with Crippen LogP contribution in [0.2, 0.25) is 0 Å². The molecule has 0 spiro atoms. The van der Waals surface area contributed by atoms with Crippen molar-refractivity contribution in [1.82, 2.24) is 10.2 Å². The lowest BCUT2D eigenvalue weighted by Crippen LogP contribution is -2.45. The predicted octanol–water partition coefficient (Wildman–Crippen LogP) is 3.49. The average Bonchev–Trinajstić information content (AvgIpc) is 2.66. The molecule has 0 unspecified atom stereocenters. The SMILES string of the molecule is C=CC[C@@H](c1ccc(OCc2ccccc2)cc1O)N1CCNCC1. The van der Waals surface area contributed by atoms with E-state index in [-0.39, 0.29) is 11.8 Å². The van der Waals surface area contributed by atoms with Crippen LogP contribution < -0.4 is 10.1 Å². The van der Waals surface area contributed by atoms with Gasteiger partial charge in [0.2, 0.25) is 0 Å². The van der Waals surface area contributed by atoms with Crippen LogP contribution in [0.3, 0.4) is 0 Å². The maximum absolute atomic E-state index is 10.6. The van der Waals surface area contributed by atoms with Crippen molar-refractivity contribution in [1.29, 1.82) is 0 Å². The molecule has 132 valence electrons. The fraction of sp³-hybridized carbons (Fsp3) is 0.333. The van der Waals surface area contributed by atoms with E-state index < -0.39 is 0 Å². The molecule has 0 amide bonds. The second-order valence-corrected chi connectivity index (χ2v) is 6.32. The minimum Gasteiger partial charge on any atom is -0.507 e. The molecule has 2 aromatic carbocycles. The van der Waals surface area contributed by atoms with Gasteiger partial charge in [-0.2, -0.15) is 0 Å². The van der Waals surface area contributed by atoms with Crippen molar-refractivity contribution >= 4 is 0 Å². The van der Waals surface area contributed by atoms with Gasteiger partial charge in [0.05, 0.1) is 0 Å². The third-order valence-electron chi connectivity index (χ3n) is 4.59. The van der Waals surface area contributed by atoms with Gasteiger partial charge in [0.15, 0.2) is 0 Å². The summed E-state index contributed by atoms with van der Waals surface area (Å²) < 4.78 is 5.81. The van der Waals surface area contributed by atoms with Gasteiger partial charge in [-0.3, -0.25) is 4.90 Å². The first kappa shape index (κ1) is 17.5. The first-order valence-electron chi connectivity index (χ1n) is 8.83. The van der Waals surface area contributed by atoms with Crippen molar-refractivity contribution in [3.63, 3.8) is 0 Å². The maximum atomic E-state index is 10.6. The van der Waals surface area contributed by atoms with Gasteiger partial charge in [-0.05, 0) is 18.1 Å². The first-order valence-corrected chi connectivity index (χ1v) is 8.83. The van der Waals surface area contributed by atoms with E-state index >= 15 is 0 Å². The molecule has 2 N–H and O–H groups in total. The molecule has 0 saturated carbocycles. The lowest BCUT2D eigenvalue weighted by molar-refractivity contribution is 0.171. The molecule has 4 nitrogen and oxygen atoms in total. The van der Waals surface area contributed by atoms with Gasteiger partial charge in [0.25, 0.3) is 0 Å². The fourth-order valence-corrected chi connectivity index (χ4v) is 3.26. The van der Waals surface area contributed by atoms with Crippen molar-refractivity contribution in [2.24, 2.45) is 0 Å². The van der Waals surface area contributed by atoms with Gasteiger partial charge in [-0.1, -0.05) is 42.5 Å². The Morgan fingerprint density at radius 1 is 1.16 bits per heavy atom. The summed E-state index contributed by atoms with van der Waals surface area (Å²) in [5.74, 6) is 0.971. The van der Waals surface area contributed by atoms with Crippen LogP contribution in [0.15, 0.2) is 61.2 Å². The zero-order chi connectivity index (χ0) is 17.5. The van der Waals surface area contributed by atoms with Crippen LogP contribution in [0, 0.1) is 0 Å². The van der Waals surface area contributed by atoms with E-state index in [4.69, 9.17) is 4.74 Å². The van der Waals surface area contributed by atoms with Crippen molar-refractivity contribution in [2.75, 3.05) is 26.2 Å². The largest absolute Gasteiger partial charge is 0.507 e. The van der Waals surface area contributed by atoms with Gasteiger partial charge >= 0.3 is 0 Å². The average molecular weight is 338 g/mol. The minimum atomic E-state index is 0.155. The van der Waals surface area contributed by atoms with Crippen molar-refractivity contribution in [2.45, 2.75) is 19.1 Å². The summed E-state index contributed by atoms with van der Waals surface area (Å²) in [6.45, 7) is 8.29. The molecule has 1 fully saturated rings. The highest BCUT2D eigenvalue weighted by atomic mass is 16.5. The standard InChI is InChI=1S/C21H26N2O2/c1-2-6-20(23-13-11-22-12-14-23)19-10-9-18(15-21(19)24)25-16-17-7-4-3-5-8-17/h2-5,7-10,15,20,22,24H,1,6,11-14,16H2/t20-/m0/s1. The highest BCUT2D eigenvalue weighted by Gasteiger charge is 2.23. The molecule has 0 aliphatic carbocycles. The molecule has 1 saturated heterocycles. The summed E-state index contributed by atoms with van der Waals surface area (Å²) in [6.07, 6.45) is 2.74. The van der Waals surface area contributed by atoms with E-state index in [9.17, 15) is 5.11 Å². The highest BCUT2D eigenvalue weighted by molar-refractivity contribution is 5.42. The number of phenols is 1. The van der Waals surface area contributed by atoms with Crippen molar-refractivity contribution in [3.05, 3.63) is 72.3 Å². The number of piperazine rings is 1. The number of aromatic hydroxyl groups is 1. The second-order valence-electron chi connectivity index (χ2n) is 6.32. The van der Waals surface area contributed by atoms with Crippen molar-refractivity contribution < 1.29 is 9.84 Å². The summed E-state index contributed by atoms with van der Waals surface area (Å²) in [7, 11) is 0. The Hall–Kier alpha value is -2.30. The van der Waals surface area contributed by atoms with Crippen LogP contribution in [0.1, 0.15) is 23.6 Å². The number of nitrogens with one attached hydrogen (secondary N) is 1. The molecular weight excluding hydrogens is 312 g/mol. The molecule has 1 heterocycles. The van der Waals surface area contributed by atoms with Gasteiger partial charge in [-0.25, -0.2) is 0 Å². The van der Waals surface area contributed by atoms with E-state index in [1.807, 2.05) is 48.5 Å². The third-order valence-corrected chi connectivity index (χ3v) is 4.59. The number of ether oxygens (including phenoxy) is 1. The Kier molecular flexibility index (Phi) is 6.09. The normalized spacial score (nSPS) is 16.3. The van der Waals surface area contributed by atoms with Crippen LogP contribution in [0.4, 0.5) is 0 Å². The van der Waals surface area contributed by atoms with Gasteiger partial charge < -0.3 is 15.2 Å². The number of hydrogen-bond acceptors (Lipinski definition) is 4. The van der Waals surface area contributed by atoms with Crippen molar-refractivity contribution in [3.8, 4) is 11.5 Å². The predicted molar refractivity (Wildman–Crippen MR) is 101 cm³/mol. The molecule has 0 aromatic heterocycles. The Labute approximate surface area is 149 Å². The number of rotatable bonds is 7. The Morgan fingerprint density at radius 2 is 1.92 bits per heavy atom. The molecule has 0 radical (unpaired) electrons. The third kappa shape index (κ3) is 4.62.